The molecule has 0 bridgehead atoms. The third-order valence-corrected chi connectivity index (χ3v) is 5.87. The van der Waals surface area contributed by atoms with Gasteiger partial charge in [-0.2, -0.15) is 5.01 Å². The minimum atomic E-state index is -1.68. The summed E-state index contributed by atoms with van der Waals surface area (Å²) in [4.78, 5) is 30.6. The van der Waals surface area contributed by atoms with Crippen molar-refractivity contribution >= 4 is 23.4 Å². The number of amides is 2. The summed E-state index contributed by atoms with van der Waals surface area (Å²) in [7, 11) is 1.65. The van der Waals surface area contributed by atoms with Crippen molar-refractivity contribution in [3.05, 3.63) is 52.0 Å². The molecule has 160 valence electrons. The van der Waals surface area contributed by atoms with E-state index in [2.05, 4.69) is 10.3 Å². The number of hydrogen-bond donors (Lipinski definition) is 3. The van der Waals surface area contributed by atoms with Crippen LogP contribution in [0.25, 0.3) is 0 Å². The van der Waals surface area contributed by atoms with Crippen molar-refractivity contribution < 1.29 is 24.2 Å². The maximum absolute atomic E-state index is 14.0. The van der Waals surface area contributed by atoms with Gasteiger partial charge in [-0.25, -0.2) is 9.37 Å². The summed E-state index contributed by atoms with van der Waals surface area (Å²) in [5, 5.41) is 26.6. The number of rotatable bonds is 3. The molecule has 1 aromatic rings. The van der Waals surface area contributed by atoms with Crippen molar-refractivity contribution in [2.45, 2.75) is 38.1 Å². The Labute approximate surface area is 177 Å². The molecule has 2 atom stereocenters. The van der Waals surface area contributed by atoms with Crippen LogP contribution in [0.1, 0.15) is 24.8 Å². The average Bonchev–Trinajstić information content (AvgIpc) is 2.74. The molecule has 0 radical (unpaired) electrons. The maximum Gasteiger partial charge on any atom is 0.276 e. The number of aliphatic hydroxyl groups is 2. The third kappa shape index (κ3) is 3.30. The second-order valence-corrected chi connectivity index (χ2v) is 7.74. The Hall–Kier alpha value is -2.69. The molecule has 0 aliphatic carbocycles. The van der Waals surface area contributed by atoms with E-state index in [9.17, 15) is 24.2 Å². The number of hydrogen-bond acceptors (Lipinski definition) is 7. The van der Waals surface area contributed by atoms with Gasteiger partial charge in [0.1, 0.15) is 12.3 Å². The number of hydrazine groups is 1. The monoisotopic (exact) mass is 437 g/mol. The van der Waals surface area contributed by atoms with E-state index < -0.39 is 29.5 Å². The van der Waals surface area contributed by atoms with Gasteiger partial charge in [-0.15, -0.1) is 0 Å². The van der Waals surface area contributed by atoms with Crippen LogP contribution in [0.15, 0.2) is 35.5 Å². The van der Waals surface area contributed by atoms with Crippen molar-refractivity contribution in [2.75, 3.05) is 13.6 Å². The van der Waals surface area contributed by atoms with E-state index in [1.807, 2.05) is 5.01 Å². The van der Waals surface area contributed by atoms with Crippen LogP contribution in [-0.4, -0.2) is 67.8 Å². The Balaban J connectivity index is 1.60. The van der Waals surface area contributed by atoms with E-state index in [1.54, 1.807) is 7.05 Å². The number of aliphatic hydroxyl groups excluding tert-OH is 2. The smallest absolute Gasteiger partial charge is 0.276 e. The van der Waals surface area contributed by atoms with Crippen LogP contribution in [-0.2, 0) is 16.1 Å². The summed E-state index contributed by atoms with van der Waals surface area (Å²) in [5.41, 5.74) is -0.106. The quantitative estimate of drug-likeness (QED) is 0.606. The Bertz CT molecular complexity index is 968. The van der Waals surface area contributed by atoms with Gasteiger partial charge < -0.3 is 20.4 Å². The lowest BCUT2D eigenvalue weighted by molar-refractivity contribution is -0.163. The van der Waals surface area contributed by atoms with Crippen molar-refractivity contribution in [3.63, 3.8) is 0 Å². The van der Waals surface area contributed by atoms with Crippen molar-refractivity contribution in [1.29, 1.82) is 0 Å². The molecule has 4 rings (SSSR count). The SMILES string of the molecule is CN1C(=O)C2=C(O)C(O)C(C(=O)NCc3ccnc(Cl)c3F)=CN2N2CCCC[C@@H]12. The molecule has 4 heterocycles. The fourth-order valence-electron chi connectivity index (χ4n) is 3.97. The zero-order valence-corrected chi connectivity index (χ0v) is 16.9. The highest BCUT2D eigenvalue weighted by atomic mass is 35.5. The second kappa shape index (κ2) is 7.86. The van der Waals surface area contributed by atoms with Crippen molar-refractivity contribution in [1.82, 2.24) is 25.2 Å². The van der Waals surface area contributed by atoms with Gasteiger partial charge in [0.05, 0.1) is 5.57 Å². The summed E-state index contributed by atoms with van der Waals surface area (Å²) in [6, 6.07) is 1.38. The number of pyridine rings is 1. The van der Waals surface area contributed by atoms with Gasteiger partial charge in [-0.1, -0.05) is 11.6 Å². The number of fused-ring (bicyclic) bond motifs is 3. The highest BCUT2D eigenvalue weighted by molar-refractivity contribution is 6.29. The van der Waals surface area contributed by atoms with Crippen LogP contribution in [0.5, 0.6) is 0 Å². The molecule has 1 aromatic heterocycles. The second-order valence-electron chi connectivity index (χ2n) is 7.38. The first-order chi connectivity index (χ1) is 14.3. The van der Waals surface area contributed by atoms with Gasteiger partial charge in [0.15, 0.2) is 22.4 Å². The normalized spacial score (nSPS) is 24.4. The minimum Gasteiger partial charge on any atom is -0.507 e. The number of aromatic nitrogens is 1. The topological polar surface area (TPSA) is 109 Å². The van der Waals surface area contributed by atoms with Crippen molar-refractivity contribution in [3.8, 4) is 0 Å². The highest BCUT2D eigenvalue weighted by Gasteiger charge is 2.46. The lowest BCUT2D eigenvalue weighted by atomic mass is 9.99. The number of carbonyl (C=O) groups is 2. The third-order valence-electron chi connectivity index (χ3n) is 5.61. The van der Waals surface area contributed by atoms with Gasteiger partial charge >= 0.3 is 0 Å². The first kappa shape index (κ1) is 20.6. The largest absolute Gasteiger partial charge is 0.507 e. The molecule has 3 aliphatic heterocycles. The molecular formula is C19H21ClFN5O4. The fourth-order valence-corrected chi connectivity index (χ4v) is 4.15. The Morgan fingerprint density at radius 2 is 2.20 bits per heavy atom. The van der Waals surface area contributed by atoms with Crippen LogP contribution in [0, 0.1) is 5.82 Å². The number of nitrogens with one attached hydrogen (secondary N) is 1. The van der Waals surface area contributed by atoms with Crippen LogP contribution in [0.4, 0.5) is 4.39 Å². The van der Waals surface area contributed by atoms with Gasteiger partial charge in [0.25, 0.3) is 11.8 Å². The zero-order valence-electron chi connectivity index (χ0n) is 16.2. The standard InChI is InChI=1S/C19H21ClFN5O4/c1-24-12-4-2-3-7-25(12)26-9-11(15(27)16(28)14(26)19(24)30)18(29)23-8-10-5-6-22-17(20)13(10)21/h5-6,9,12,15,27-28H,2-4,7-8H2,1H3,(H,23,29)/t12-,15?/m0/s1. The van der Waals surface area contributed by atoms with E-state index in [0.717, 1.165) is 19.3 Å². The Morgan fingerprint density at radius 1 is 1.43 bits per heavy atom. The lowest BCUT2D eigenvalue weighted by Crippen LogP contribution is -2.64. The number of halogens is 2. The number of likely N-dealkylation sites (N-methyl/N-ethyl adjacent to an activating group) is 1. The molecule has 0 aromatic carbocycles. The van der Waals surface area contributed by atoms with E-state index in [-0.39, 0.29) is 34.7 Å². The number of piperidine rings is 1. The zero-order chi connectivity index (χ0) is 21.6. The summed E-state index contributed by atoms with van der Waals surface area (Å²) < 4.78 is 14.0. The predicted molar refractivity (Wildman–Crippen MR) is 104 cm³/mol. The first-order valence-electron chi connectivity index (χ1n) is 9.54. The molecule has 2 amide bonds. The van der Waals surface area contributed by atoms with E-state index in [0.29, 0.717) is 6.54 Å². The van der Waals surface area contributed by atoms with E-state index in [1.165, 1.54) is 28.4 Å². The van der Waals surface area contributed by atoms with E-state index in [4.69, 9.17) is 11.6 Å². The van der Waals surface area contributed by atoms with Crippen LogP contribution in [0.2, 0.25) is 5.15 Å². The molecular weight excluding hydrogens is 417 g/mol. The molecule has 3 aliphatic rings. The highest BCUT2D eigenvalue weighted by Crippen LogP contribution is 2.35. The summed E-state index contributed by atoms with van der Waals surface area (Å²) >= 11 is 5.65. The molecule has 0 spiro atoms. The molecule has 30 heavy (non-hydrogen) atoms. The number of nitrogens with zero attached hydrogens (tertiary/aromatic N) is 4. The van der Waals surface area contributed by atoms with Crippen LogP contribution >= 0.6 is 11.6 Å². The van der Waals surface area contributed by atoms with Gasteiger partial charge in [-0.05, 0) is 25.3 Å². The molecule has 2 fully saturated rings. The lowest BCUT2D eigenvalue weighted by Gasteiger charge is -2.52. The van der Waals surface area contributed by atoms with Gasteiger partial charge in [-0.3, -0.25) is 14.6 Å². The molecule has 3 N–H and O–H groups in total. The molecule has 2 saturated heterocycles. The van der Waals surface area contributed by atoms with Gasteiger partial charge in [0.2, 0.25) is 0 Å². The Morgan fingerprint density at radius 3 is 2.97 bits per heavy atom. The Kier molecular flexibility index (Phi) is 5.39. The molecule has 1 unspecified atom stereocenters. The minimum absolute atomic E-state index is 0.0772. The summed E-state index contributed by atoms with van der Waals surface area (Å²) in [6.07, 6.45) is 3.39. The van der Waals surface area contributed by atoms with Gasteiger partial charge in [0, 0.05) is 38.1 Å². The number of carbonyl (C=O) groups excluding carboxylic acids is 2. The summed E-state index contributed by atoms with van der Waals surface area (Å²) in [6.45, 7) is 0.434. The molecule has 0 saturated carbocycles. The molecule has 11 heteroatoms. The van der Waals surface area contributed by atoms with Crippen molar-refractivity contribution in [2.24, 2.45) is 0 Å². The fraction of sp³-hybridized carbons (Fsp3) is 0.421. The first-order valence-corrected chi connectivity index (χ1v) is 9.92. The average molecular weight is 438 g/mol. The summed E-state index contributed by atoms with van der Waals surface area (Å²) in [5.74, 6) is -2.48. The van der Waals surface area contributed by atoms with Crippen LogP contribution < -0.4 is 5.32 Å². The molecule has 9 nitrogen and oxygen atoms in total. The van der Waals surface area contributed by atoms with E-state index >= 15 is 0 Å². The maximum atomic E-state index is 14.0. The van der Waals surface area contributed by atoms with Crippen LogP contribution in [0.3, 0.4) is 0 Å². The predicted octanol–water partition coefficient (Wildman–Crippen LogP) is 1.02.